The first-order valence-corrected chi connectivity index (χ1v) is 6.76. The van der Waals surface area contributed by atoms with E-state index in [2.05, 4.69) is 10.1 Å². The first-order chi connectivity index (χ1) is 9.94. The van der Waals surface area contributed by atoms with Crippen molar-refractivity contribution in [2.75, 3.05) is 6.61 Å². The minimum atomic E-state index is -0.482. The Hall–Kier alpha value is -2.37. The summed E-state index contributed by atoms with van der Waals surface area (Å²) < 4.78 is 12.1. The molecule has 0 bridgehead atoms. The second-order valence-corrected chi connectivity index (χ2v) is 5.49. The van der Waals surface area contributed by atoms with Gasteiger partial charge in [0.1, 0.15) is 18.5 Å². The Morgan fingerprint density at radius 3 is 2.62 bits per heavy atom. The van der Waals surface area contributed by atoms with Crippen LogP contribution in [0.3, 0.4) is 0 Å². The van der Waals surface area contributed by atoms with Crippen LogP contribution in [0.5, 0.6) is 6.01 Å². The Bertz CT molecular complexity index is 588. The van der Waals surface area contributed by atoms with Crippen LogP contribution in [-0.2, 0) is 9.53 Å². The zero-order chi connectivity index (χ0) is 15.3. The number of rotatable bonds is 5. The lowest BCUT2D eigenvalue weighted by atomic mass is 10.2. The maximum absolute atomic E-state index is 11.5. The fraction of sp³-hybridized carbons (Fsp3) is 0.400. The summed E-state index contributed by atoms with van der Waals surface area (Å²) in [6.07, 6.45) is 1.73. The summed E-state index contributed by atoms with van der Waals surface area (Å²) in [5.74, 6) is -0.301. The molecule has 0 atom stereocenters. The molecular formula is C15H19N3O3. The van der Waals surface area contributed by atoms with Gasteiger partial charge in [0.2, 0.25) is 0 Å². The Kier molecular flexibility index (Phi) is 4.57. The summed E-state index contributed by atoms with van der Waals surface area (Å²) in [6.45, 7) is 5.67. The molecule has 0 radical (unpaired) electrons. The summed E-state index contributed by atoms with van der Waals surface area (Å²) in [5, 5.41) is 4.18. The number of para-hydroxylation sites is 1. The monoisotopic (exact) mass is 289 g/mol. The van der Waals surface area contributed by atoms with E-state index in [4.69, 9.17) is 9.47 Å². The topological polar surface area (TPSA) is 66.2 Å². The van der Waals surface area contributed by atoms with Crippen LogP contribution in [0, 0.1) is 0 Å². The van der Waals surface area contributed by atoms with Crippen LogP contribution in [0.2, 0.25) is 0 Å². The number of esters is 1. The maximum atomic E-state index is 11.5. The molecule has 0 saturated carbocycles. The van der Waals surface area contributed by atoms with E-state index in [-0.39, 0.29) is 25.0 Å². The number of carbonyl (C=O) groups excluding carboxylic acids is 1. The van der Waals surface area contributed by atoms with E-state index in [1.807, 2.05) is 51.1 Å². The van der Waals surface area contributed by atoms with Crippen molar-refractivity contribution in [3.63, 3.8) is 0 Å². The second-order valence-electron chi connectivity index (χ2n) is 5.49. The Morgan fingerprint density at radius 2 is 1.95 bits per heavy atom. The van der Waals surface area contributed by atoms with Gasteiger partial charge in [-0.05, 0) is 32.9 Å². The van der Waals surface area contributed by atoms with E-state index >= 15 is 0 Å². The molecule has 0 aliphatic heterocycles. The molecule has 21 heavy (non-hydrogen) atoms. The fourth-order valence-electron chi connectivity index (χ4n) is 1.64. The predicted molar refractivity (Wildman–Crippen MR) is 77.3 cm³/mol. The van der Waals surface area contributed by atoms with E-state index in [1.165, 1.54) is 0 Å². The molecule has 0 unspecified atom stereocenters. The van der Waals surface area contributed by atoms with Gasteiger partial charge in [-0.1, -0.05) is 18.2 Å². The van der Waals surface area contributed by atoms with Gasteiger partial charge in [-0.15, -0.1) is 5.10 Å². The molecular weight excluding hydrogens is 270 g/mol. The number of ether oxygens (including phenoxy) is 2. The molecule has 6 heteroatoms. The molecule has 2 rings (SSSR count). The normalized spacial score (nSPS) is 11.2. The summed E-state index contributed by atoms with van der Waals surface area (Å²) >= 11 is 0. The summed E-state index contributed by atoms with van der Waals surface area (Å²) in [5.41, 5.74) is 0.413. The maximum Gasteiger partial charge on any atom is 0.335 e. The SMILES string of the molecule is CC(C)(C)OC(=O)CCOc1ncn(-c2ccccc2)n1. The van der Waals surface area contributed by atoms with Crippen molar-refractivity contribution in [1.82, 2.24) is 14.8 Å². The fourth-order valence-corrected chi connectivity index (χ4v) is 1.64. The Balaban J connectivity index is 1.83. The van der Waals surface area contributed by atoms with Crippen LogP contribution >= 0.6 is 0 Å². The summed E-state index contributed by atoms with van der Waals surface area (Å²) in [6, 6.07) is 9.83. The van der Waals surface area contributed by atoms with Crippen molar-refractivity contribution in [2.24, 2.45) is 0 Å². The summed E-state index contributed by atoms with van der Waals surface area (Å²) in [4.78, 5) is 15.6. The van der Waals surface area contributed by atoms with Crippen LogP contribution in [0.15, 0.2) is 36.7 Å². The van der Waals surface area contributed by atoms with Crippen molar-refractivity contribution in [1.29, 1.82) is 0 Å². The molecule has 0 aliphatic carbocycles. The molecule has 0 fully saturated rings. The molecule has 0 spiro atoms. The van der Waals surface area contributed by atoms with Crippen molar-refractivity contribution >= 4 is 5.97 Å². The van der Waals surface area contributed by atoms with E-state index < -0.39 is 5.60 Å². The lowest BCUT2D eigenvalue weighted by Crippen LogP contribution is -2.24. The smallest absolute Gasteiger partial charge is 0.335 e. The third kappa shape index (κ3) is 4.91. The van der Waals surface area contributed by atoms with Crippen LogP contribution in [0.25, 0.3) is 5.69 Å². The highest BCUT2D eigenvalue weighted by atomic mass is 16.6. The van der Waals surface area contributed by atoms with Crippen LogP contribution in [-0.4, -0.2) is 32.9 Å². The van der Waals surface area contributed by atoms with Gasteiger partial charge in [-0.3, -0.25) is 4.79 Å². The Labute approximate surface area is 123 Å². The van der Waals surface area contributed by atoms with Crippen molar-refractivity contribution < 1.29 is 14.3 Å². The highest BCUT2D eigenvalue weighted by Crippen LogP contribution is 2.10. The zero-order valence-corrected chi connectivity index (χ0v) is 12.4. The van der Waals surface area contributed by atoms with Gasteiger partial charge in [0.15, 0.2) is 0 Å². The number of hydrogen-bond donors (Lipinski definition) is 0. The van der Waals surface area contributed by atoms with Crippen LogP contribution in [0.4, 0.5) is 0 Å². The number of nitrogens with zero attached hydrogens (tertiary/aromatic N) is 3. The quantitative estimate of drug-likeness (QED) is 0.791. The second kappa shape index (κ2) is 6.39. The zero-order valence-electron chi connectivity index (χ0n) is 12.4. The van der Waals surface area contributed by atoms with Crippen LogP contribution in [0.1, 0.15) is 27.2 Å². The molecule has 0 saturated heterocycles. The first kappa shape index (κ1) is 15.0. The number of carbonyl (C=O) groups is 1. The third-order valence-corrected chi connectivity index (χ3v) is 2.45. The standard InChI is InChI=1S/C15H19N3O3/c1-15(2,3)21-13(19)9-10-20-14-16-11-18(17-14)12-7-5-4-6-8-12/h4-8,11H,9-10H2,1-3H3. The van der Waals surface area contributed by atoms with Gasteiger partial charge in [-0.25, -0.2) is 4.68 Å². The Morgan fingerprint density at radius 1 is 1.24 bits per heavy atom. The number of aromatic nitrogens is 3. The minimum Gasteiger partial charge on any atom is -0.462 e. The van der Waals surface area contributed by atoms with E-state index in [0.29, 0.717) is 0 Å². The van der Waals surface area contributed by atoms with Crippen molar-refractivity contribution in [2.45, 2.75) is 32.8 Å². The molecule has 1 heterocycles. The van der Waals surface area contributed by atoms with Gasteiger partial charge < -0.3 is 9.47 Å². The predicted octanol–water partition coefficient (Wildman–Crippen LogP) is 2.38. The molecule has 0 amide bonds. The minimum absolute atomic E-state index is 0.164. The highest BCUT2D eigenvalue weighted by molar-refractivity contribution is 5.69. The molecule has 6 nitrogen and oxygen atoms in total. The van der Waals surface area contributed by atoms with Crippen molar-refractivity contribution in [3.05, 3.63) is 36.7 Å². The molecule has 1 aromatic heterocycles. The van der Waals surface area contributed by atoms with Gasteiger partial charge in [0, 0.05) is 0 Å². The van der Waals surface area contributed by atoms with E-state index in [9.17, 15) is 4.79 Å². The van der Waals surface area contributed by atoms with Gasteiger partial charge in [0.25, 0.3) is 0 Å². The number of benzene rings is 1. The molecule has 112 valence electrons. The summed E-state index contributed by atoms with van der Waals surface area (Å²) in [7, 11) is 0. The van der Waals surface area contributed by atoms with Crippen LogP contribution < -0.4 is 4.74 Å². The average molecular weight is 289 g/mol. The molecule has 2 aromatic rings. The third-order valence-electron chi connectivity index (χ3n) is 2.45. The van der Waals surface area contributed by atoms with E-state index in [1.54, 1.807) is 11.0 Å². The molecule has 0 N–H and O–H groups in total. The van der Waals surface area contributed by atoms with Gasteiger partial charge in [0.05, 0.1) is 12.1 Å². The lowest BCUT2D eigenvalue weighted by molar-refractivity contribution is -0.155. The highest BCUT2D eigenvalue weighted by Gasteiger charge is 2.16. The van der Waals surface area contributed by atoms with Crippen molar-refractivity contribution in [3.8, 4) is 11.7 Å². The van der Waals surface area contributed by atoms with Gasteiger partial charge in [-0.2, -0.15) is 4.98 Å². The lowest BCUT2D eigenvalue weighted by Gasteiger charge is -2.19. The largest absolute Gasteiger partial charge is 0.462 e. The number of hydrogen-bond acceptors (Lipinski definition) is 5. The molecule has 0 aliphatic rings. The average Bonchev–Trinajstić information content (AvgIpc) is 2.86. The first-order valence-electron chi connectivity index (χ1n) is 6.76. The van der Waals surface area contributed by atoms with Gasteiger partial charge >= 0.3 is 12.0 Å². The molecule has 1 aromatic carbocycles. The van der Waals surface area contributed by atoms with E-state index in [0.717, 1.165) is 5.69 Å².